The Hall–Kier alpha value is -3.64. The van der Waals surface area contributed by atoms with Crippen LogP contribution in [0.3, 0.4) is 0 Å². The number of aryl methyl sites for hydroxylation is 1. The number of aromatic amines is 1. The lowest BCUT2D eigenvalue weighted by Crippen LogP contribution is -1.92. The molecule has 150 valence electrons. The van der Waals surface area contributed by atoms with Gasteiger partial charge in [0, 0.05) is 32.9 Å². The van der Waals surface area contributed by atoms with E-state index in [2.05, 4.69) is 42.2 Å². The molecule has 0 aliphatic carbocycles. The zero-order valence-corrected chi connectivity index (χ0v) is 17.4. The lowest BCUT2D eigenvalue weighted by Gasteiger charge is -2.04. The number of rotatable bonds is 3. The number of benzene rings is 3. The van der Waals surface area contributed by atoms with Crippen LogP contribution in [0.4, 0.5) is 4.39 Å². The molecular formula is C25H17FN4S. The first-order chi connectivity index (χ1) is 15.2. The summed E-state index contributed by atoms with van der Waals surface area (Å²) in [5.74, 6) is -0.267. The summed E-state index contributed by atoms with van der Waals surface area (Å²) in [4.78, 5) is 10.3. The minimum Gasteiger partial charge on any atom is -0.339 e. The third-order valence-corrected chi connectivity index (χ3v) is 6.52. The summed E-state index contributed by atoms with van der Waals surface area (Å²) >= 11 is 1.62. The van der Waals surface area contributed by atoms with Gasteiger partial charge in [0.2, 0.25) is 0 Å². The highest BCUT2D eigenvalue weighted by atomic mass is 32.2. The van der Waals surface area contributed by atoms with Gasteiger partial charge in [-0.2, -0.15) is 9.61 Å². The lowest BCUT2D eigenvalue weighted by atomic mass is 10.1. The molecule has 0 saturated carbocycles. The fourth-order valence-electron chi connectivity index (χ4n) is 3.85. The molecule has 0 spiro atoms. The van der Waals surface area contributed by atoms with Crippen molar-refractivity contribution in [3.05, 3.63) is 90.4 Å². The number of nitrogens with zero attached hydrogens (tertiary/aromatic N) is 3. The van der Waals surface area contributed by atoms with E-state index < -0.39 is 0 Å². The van der Waals surface area contributed by atoms with Crippen LogP contribution >= 0.6 is 11.8 Å². The van der Waals surface area contributed by atoms with Gasteiger partial charge in [-0.1, -0.05) is 47.7 Å². The van der Waals surface area contributed by atoms with Crippen LogP contribution in [-0.4, -0.2) is 19.6 Å². The second-order valence-electron chi connectivity index (χ2n) is 7.53. The van der Waals surface area contributed by atoms with Gasteiger partial charge >= 0.3 is 0 Å². The molecule has 0 unspecified atom stereocenters. The Morgan fingerprint density at radius 2 is 1.68 bits per heavy atom. The number of fused-ring (bicyclic) bond motifs is 5. The van der Waals surface area contributed by atoms with E-state index in [0.29, 0.717) is 0 Å². The highest BCUT2D eigenvalue weighted by Crippen LogP contribution is 2.39. The van der Waals surface area contributed by atoms with Gasteiger partial charge in [0.15, 0.2) is 5.65 Å². The van der Waals surface area contributed by atoms with Crippen LogP contribution in [0.15, 0.2) is 88.8 Å². The molecule has 0 saturated heterocycles. The molecule has 4 nitrogen and oxygen atoms in total. The largest absolute Gasteiger partial charge is 0.339 e. The summed E-state index contributed by atoms with van der Waals surface area (Å²) in [6.45, 7) is 2.07. The number of hydrogen-bond donors (Lipinski definition) is 1. The second kappa shape index (κ2) is 6.96. The molecule has 0 aliphatic heterocycles. The number of halogens is 1. The van der Waals surface area contributed by atoms with Crippen LogP contribution < -0.4 is 0 Å². The Balaban J connectivity index is 1.64. The molecule has 6 aromatic rings. The van der Waals surface area contributed by atoms with Crippen molar-refractivity contribution in [3.8, 4) is 11.3 Å². The van der Waals surface area contributed by atoms with Gasteiger partial charge in [0.1, 0.15) is 17.2 Å². The fraction of sp³-hybridized carbons (Fsp3) is 0.0400. The molecule has 31 heavy (non-hydrogen) atoms. The summed E-state index contributed by atoms with van der Waals surface area (Å²) in [6, 6.07) is 23.0. The van der Waals surface area contributed by atoms with Crippen LogP contribution in [0.5, 0.6) is 0 Å². The number of hydrogen-bond acceptors (Lipinski definition) is 3. The average molecular weight is 425 g/mol. The van der Waals surface area contributed by atoms with Crippen molar-refractivity contribution in [3.63, 3.8) is 0 Å². The van der Waals surface area contributed by atoms with Crippen molar-refractivity contribution in [2.24, 2.45) is 0 Å². The molecule has 0 aliphatic rings. The molecular weight excluding hydrogens is 407 g/mol. The molecule has 1 N–H and O–H groups in total. The molecule has 0 atom stereocenters. The predicted octanol–water partition coefficient (Wildman–Crippen LogP) is 6.63. The maximum absolute atomic E-state index is 13.6. The number of H-pyrrole nitrogens is 1. The Kier molecular flexibility index (Phi) is 4.07. The molecule has 3 aromatic heterocycles. The Bertz CT molecular complexity index is 1560. The number of nitrogens with one attached hydrogen (secondary N) is 1. The van der Waals surface area contributed by atoms with Gasteiger partial charge in [-0.25, -0.2) is 9.37 Å². The highest BCUT2D eigenvalue weighted by Gasteiger charge is 2.20. The van der Waals surface area contributed by atoms with Crippen molar-refractivity contribution >= 4 is 39.3 Å². The monoisotopic (exact) mass is 424 g/mol. The Morgan fingerprint density at radius 1 is 0.903 bits per heavy atom. The van der Waals surface area contributed by atoms with E-state index in [1.165, 1.54) is 17.7 Å². The molecule has 3 aromatic carbocycles. The van der Waals surface area contributed by atoms with Gasteiger partial charge < -0.3 is 4.98 Å². The van der Waals surface area contributed by atoms with Crippen molar-refractivity contribution in [1.82, 2.24) is 19.6 Å². The molecule has 3 heterocycles. The van der Waals surface area contributed by atoms with E-state index in [-0.39, 0.29) is 5.82 Å². The van der Waals surface area contributed by atoms with E-state index >= 15 is 0 Å². The van der Waals surface area contributed by atoms with E-state index in [1.54, 1.807) is 23.9 Å². The van der Waals surface area contributed by atoms with E-state index in [9.17, 15) is 4.39 Å². The van der Waals surface area contributed by atoms with Gasteiger partial charge in [-0.3, -0.25) is 0 Å². The minimum atomic E-state index is -0.267. The normalized spacial score (nSPS) is 11.7. The van der Waals surface area contributed by atoms with Gasteiger partial charge in [0.05, 0.1) is 4.90 Å². The van der Waals surface area contributed by atoms with Gasteiger partial charge in [-0.15, -0.1) is 0 Å². The van der Waals surface area contributed by atoms with Crippen LogP contribution in [0.2, 0.25) is 0 Å². The predicted molar refractivity (Wildman–Crippen MR) is 123 cm³/mol. The van der Waals surface area contributed by atoms with Crippen molar-refractivity contribution < 1.29 is 4.39 Å². The van der Waals surface area contributed by atoms with Crippen LogP contribution in [-0.2, 0) is 0 Å². The molecule has 6 rings (SSSR count). The van der Waals surface area contributed by atoms with E-state index in [0.717, 1.165) is 48.6 Å². The summed E-state index contributed by atoms with van der Waals surface area (Å²) < 4.78 is 15.4. The SMILES string of the molecule is Cc1ccc(Sc2c(-c3ccc(F)cc3)nn3c2ncc2c4ccccc4[nH]c23)cc1. The van der Waals surface area contributed by atoms with Crippen LogP contribution in [0.25, 0.3) is 38.8 Å². The fourth-order valence-corrected chi connectivity index (χ4v) is 4.85. The average Bonchev–Trinajstić information content (AvgIpc) is 3.34. The third-order valence-electron chi connectivity index (χ3n) is 5.43. The molecule has 0 bridgehead atoms. The molecule has 0 amide bonds. The lowest BCUT2D eigenvalue weighted by molar-refractivity contribution is 0.628. The third kappa shape index (κ3) is 2.99. The van der Waals surface area contributed by atoms with Crippen LogP contribution in [0.1, 0.15) is 5.56 Å². The highest BCUT2D eigenvalue weighted by molar-refractivity contribution is 7.99. The van der Waals surface area contributed by atoms with Crippen molar-refractivity contribution in [2.45, 2.75) is 16.7 Å². The van der Waals surface area contributed by atoms with E-state index in [1.807, 2.05) is 28.9 Å². The van der Waals surface area contributed by atoms with Gasteiger partial charge in [0.25, 0.3) is 0 Å². The first-order valence-corrected chi connectivity index (χ1v) is 10.8. The Morgan fingerprint density at radius 3 is 2.48 bits per heavy atom. The van der Waals surface area contributed by atoms with Crippen molar-refractivity contribution in [1.29, 1.82) is 0 Å². The summed E-state index contributed by atoms with van der Waals surface area (Å²) in [5, 5.41) is 7.06. The van der Waals surface area contributed by atoms with Gasteiger partial charge in [-0.05, 0) is 49.4 Å². The smallest absolute Gasteiger partial charge is 0.172 e. The van der Waals surface area contributed by atoms with Crippen LogP contribution in [0, 0.1) is 12.7 Å². The first kappa shape index (κ1) is 18.2. The summed E-state index contributed by atoms with van der Waals surface area (Å²) in [6.07, 6.45) is 1.90. The minimum absolute atomic E-state index is 0.267. The molecule has 6 heteroatoms. The number of para-hydroxylation sites is 1. The topological polar surface area (TPSA) is 46.0 Å². The molecule has 0 fully saturated rings. The second-order valence-corrected chi connectivity index (χ2v) is 8.61. The van der Waals surface area contributed by atoms with E-state index in [4.69, 9.17) is 10.1 Å². The molecule has 0 radical (unpaired) electrons. The maximum atomic E-state index is 13.6. The zero-order valence-electron chi connectivity index (χ0n) is 16.6. The Labute approximate surface area is 181 Å². The maximum Gasteiger partial charge on any atom is 0.172 e. The summed E-state index contributed by atoms with van der Waals surface area (Å²) in [5.41, 5.74) is 5.54. The standard InChI is InChI=1S/C25H17FN4S/c1-15-6-12-18(13-7-15)31-23-22(16-8-10-17(26)11-9-16)29-30-24-20(14-27-25(23)30)19-4-2-3-5-21(19)28-24/h2-14,28H,1H3. The summed E-state index contributed by atoms with van der Waals surface area (Å²) in [7, 11) is 0. The van der Waals surface area contributed by atoms with Crippen molar-refractivity contribution in [2.75, 3.05) is 0 Å². The first-order valence-electron chi connectivity index (χ1n) is 9.96. The quantitative estimate of drug-likeness (QED) is 0.347. The number of aromatic nitrogens is 4. The zero-order chi connectivity index (χ0) is 20.9.